The first kappa shape index (κ1) is 26.1. The summed E-state index contributed by atoms with van der Waals surface area (Å²) in [5, 5.41) is 0. The number of methoxy groups -OCH3 is 1. The van der Waals surface area contributed by atoms with E-state index in [1.165, 1.54) is 38.9 Å². The van der Waals surface area contributed by atoms with Crippen LogP contribution in [0.5, 0.6) is 11.5 Å². The predicted octanol–water partition coefficient (Wildman–Crippen LogP) is 9.21. The molecule has 0 saturated heterocycles. The molecule has 4 rings (SSSR count). The van der Waals surface area contributed by atoms with Crippen molar-refractivity contribution >= 4 is 0 Å². The second-order valence-corrected chi connectivity index (χ2v) is 9.83. The van der Waals surface area contributed by atoms with Crippen molar-refractivity contribution in [3.63, 3.8) is 0 Å². The molecule has 1 aliphatic carbocycles. The number of halogens is 3. The number of rotatable bonds is 10. The maximum Gasteiger partial charge on any atom is 0.166 e. The highest BCUT2D eigenvalue weighted by Crippen LogP contribution is 2.40. The van der Waals surface area contributed by atoms with Crippen LogP contribution in [0.4, 0.5) is 13.2 Å². The zero-order valence-corrected chi connectivity index (χ0v) is 21.2. The second-order valence-electron chi connectivity index (χ2n) is 9.83. The summed E-state index contributed by atoms with van der Waals surface area (Å²) in [5.74, 6) is -0.403. The number of benzene rings is 3. The van der Waals surface area contributed by atoms with Crippen molar-refractivity contribution in [3.8, 4) is 22.6 Å². The van der Waals surface area contributed by atoms with Gasteiger partial charge in [-0.15, -0.1) is 0 Å². The van der Waals surface area contributed by atoms with Crippen molar-refractivity contribution < 1.29 is 22.6 Å². The molecule has 0 bridgehead atoms. The smallest absolute Gasteiger partial charge is 0.166 e. The molecule has 2 nitrogen and oxygen atoms in total. The Morgan fingerprint density at radius 3 is 2.25 bits per heavy atom. The molecule has 1 saturated carbocycles. The lowest BCUT2D eigenvalue weighted by Gasteiger charge is -2.29. The van der Waals surface area contributed by atoms with Gasteiger partial charge in [0.1, 0.15) is 12.4 Å². The van der Waals surface area contributed by atoms with Gasteiger partial charge in [0.2, 0.25) is 0 Å². The van der Waals surface area contributed by atoms with Gasteiger partial charge in [-0.05, 0) is 78.5 Å². The molecule has 1 aliphatic rings. The molecule has 0 spiro atoms. The van der Waals surface area contributed by atoms with Crippen LogP contribution in [0.15, 0.2) is 54.6 Å². The lowest BCUT2D eigenvalue weighted by atomic mass is 9.76. The highest BCUT2D eigenvalue weighted by atomic mass is 19.2. The molecule has 5 heteroatoms. The van der Waals surface area contributed by atoms with E-state index in [0.29, 0.717) is 22.4 Å². The fraction of sp³-hybridized carbons (Fsp3) is 0.419. The van der Waals surface area contributed by atoms with Gasteiger partial charge in [0.25, 0.3) is 0 Å². The highest BCUT2D eigenvalue weighted by Gasteiger charge is 2.26. The van der Waals surface area contributed by atoms with E-state index in [4.69, 9.17) is 9.47 Å². The topological polar surface area (TPSA) is 18.5 Å². The van der Waals surface area contributed by atoms with Crippen LogP contribution in [0.25, 0.3) is 11.1 Å². The van der Waals surface area contributed by atoms with Crippen LogP contribution in [-0.2, 0) is 6.61 Å². The standard InChI is InChI=1S/C31H35F3O2/c1-3-4-5-6-21-7-10-23(11-8-21)26-16-17-27(31(34)30(26)33)24-12-14-25(15-13-24)36-20-22-9-18-29(35-2)28(32)19-22/h9,12-19,21,23H,3-8,10-11,20H2,1-2H3. The zero-order chi connectivity index (χ0) is 25.5. The molecule has 0 atom stereocenters. The molecule has 3 aromatic carbocycles. The van der Waals surface area contributed by atoms with E-state index in [2.05, 4.69) is 6.92 Å². The monoisotopic (exact) mass is 496 g/mol. The quantitative estimate of drug-likeness (QED) is 0.261. The van der Waals surface area contributed by atoms with Gasteiger partial charge in [-0.25, -0.2) is 13.2 Å². The molecule has 0 heterocycles. The Labute approximate surface area is 212 Å². The SMILES string of the molecule is CCCCCC1CCC(c2ccc(-c3ccc(OCc4ccc(OC)c(F)c4)cc3)c(F)c2F)CC1. The lowest BCUT2D eigenvalue weighted by molar-refractivity contribution is 0.298. The average Bonchev–Trinajstić information content (AvgIpc) is 2.90. The number of hydrogen-bond donors (Lipinski definition) is 0. The van der Waals surface area contributed by atoms with Crippen molar-refractivity contribution in [1.82, 2.24) is 0 Å². The van der Waals surface area contributed by atoms with Crippen molar-refractivity contribution in [2.45, 2.75) is 70.8 Å². The highest BCUT2D eigenvalue weighted by molar-refractivity contribution is 5.65. The maximum absolute atomic E-state index is 15.1. The summed E-state index contributed by atoms with van der Waals surface area (Å²) in [7, 11) is 1.42. The number of ether oxygens (including phenoxy) is 2. The van der Waals surface area contributed by atoms with Crippen LogP contribution in [-0.4, -0.2) is 7.11 Å². The fourth-order valence-corrected chi connectivity index (χ4v) is 5.24. The number of hydrogen-bond acceptors (Lipinski definition) is 2. The summed E-state index contributed by atoms with van der Waals surface area (Å²) in [6, 6.07) is 14.9. The van der Waals surface area contributed by atoms with E-state index >= 15 is 8.78 Å². The predicted molar refractivity (Wildman–Crippen MR) is 138 cm³/mol. The van der Waals surface area contributed by atoms with E-state index < -0.39 is 17.5 Å². The zero-order valence-electron chi connectivity index (χ0n) is 21.2. The van der Waals surface area contributed by atoms with E-state index in [-0.39, 0.29) is 23.8 Å². The van der Waals surface area contributed by atoms with Crippen molar-refractivity contribution in [3.05, 3.63) is 83.2 Å². The Morgan fingerprint density at radius 1 is 0.833 bits per heavy atom. The summed E-state index contributed by atoms with van der Waals surface area (Å²) in [6.07, 6.45) is 9.08. The third-order valence-corrected chi connectivity index (χ3v) is 7.40. The summed E-state index contributed by atoms with van der Waals surface area (Å²) < 4.78 is 54.7. The first-order valence-electron chi connectivity index (χ1n) is 13.0. The molecule has 0 aliphatic heterocycles. The van der Waals surface area contributed by atoms with Crippen molar-refractivity contribution in [2.75, 3.05) is 7.11 Å². The van der Waals surface area contributed by atoms with E-state index in [9.17, 15) is 4.39 Å². The summed E-state index contributed by atoms with van der Waals surface area (Å²) in [6.45, 7) is 2.39. The molecular weight excluding hydrogens is 461 g/mol. The molecular formula is C31H35F3O2. The van der Waals surface area contributed by atoms with Crippen LogP contribution < -0.4 is 9.47 Å². The van der Waals surface area contributed by atoms with E-state index in [1.807, 2.05) is 0 Å². The third-order valence-electron chi connectivity index (χ3n) is 7.40. The molecule has 0 N–H and O–H groups in total. The van der Waals surface area contributed by atoms with Crippen LogP contribution in [0.3, 0.4) is 0 Å². The summed E-state index contributed by atoms with van der Waals surface area (Å²) in [5.41, 5.74) is 2.00. The average molecular weight is 497 g/mol. The minimum Gasteiger partial charge on any atom is -0.494 e. The van der Waals surface area contributed by atoms with Crippen molar-refractivity contribution in [2.24, 2.45) is 5.92 Å². The fourth-order valence-electron chi connectivity index (χ4n) is 5.24. The molecule has 0 radical (unpaired) electrons. The molecule has 3 aromatic rings. The van der Waals surface area contributed by atoms with Crippen LogP contribution in [0.2, 0.25) is 0 Å². The van der Waals surface area contributed by atoms with Gasteiger partial charge in [0.15, 0.2) is 23.2 Å². The Morgan fingerprint density at radius 2 is 1.58 bits per heavy atom. The first-order valence-corrected chi connectivity index (χ1v) is 13.0. The van der Waals surface area contributed by atoms with Crippen LogP contribution in [0.1, 0.15) is 75.3 Å². The summed E-state index contributed by atoms with van der Waals surface area (Å²) >= 11 is 0. The first-order chi connectivity index (χ1) is 17.5. The summed E-state index contributed by atoms with van der Waals surface area (Å²) in [4.78, 5) is 0. The molecule has 0 aromatic heterocycles. The largest absolute Gasteiger partial charge is 0.494 e. The Balaban J connectivity index is 1.38. The molecule has 0 unspecified atom stereocenters. The van der Waals surface area contributed by atoms with Gasteiger partial charge in [-0.3, -0.25) is 0 Å². The number of unbranched alkanes of at least 4 members (excludes halogenated alkanes) is 2. The van der Waals surface area contributed by atoms with Gasteiger partial charge in [0.05, 0.1) is 7.11 Å². The van der Waals surface area contributed by atoms with Gasteiger partial charge in [-0.1, -0.05) is 62.9 Å². The van der Waals surface area contributed by atoms with Gasteiger partial charge in [-0.2, -0.15) is 0 Å². The third kappa shape index (κ3) is 6.24. The van der Waals surface area contributed by atoms with Gasteiger partial charge < -0.3 is 9.47 Å². The van der Waals surface area contributed by atoms with Gasteiger partial charge in [0, 0.05) is 5.56 Å². The Kier molecular flexibility index (Phi) is 8.95. The normalized spacial score (nSPS) is 17.7. The molecule has 36 heavy (non-hydrogen) atoms. The Hall–Kier alpha value is -2.95. The minimum absolute atomic E-state index is 0.0922. The Bertz CT molecular complexity index is 1140. The second kappa shape index (κ2) is 12.3. The molecule has 1 fully saturated rings. The van der Waals surface area contributed by atoms with Crippen LogP contribution in [0, 0.1) is 23.4 Å². The van der Waals surface area contributed by atoms with E-state index in [1.54, 1.807) is 48.5 Å². The molecule has 192 valence electrons. The van der Waals surface area contributed by atoms with Gasteiger partial charge >= 0.3 is 0 Å². The maximum atomic E-state index is 15.1. The minimum atomic E-state index is -0.792. The van der Waals surface area contributed by atoms with E-state index in [0.717, 1.165) is 31.6 Å². The lowest BCUT2D eigenvalue weighted by Crippen LogP contribution is -2.15. The van der Waals surface area contributed by atoms with Crippen LogP contribution >= 0.6 is 0 Å². The molecule has 0 amide bonds. The van der Waals surface area contributed by atoms with Crippen molar-refractivity contribution in [1.29, 1.82) is 0 Å².